The van der Waals surface area contributed by atoms with Crippen LogP contribution in [0, 0.1) is 13.8 Å². The van der Waals surface area contributed by atoms with Crippen molar-refractivity contribution in [2.75, 3.05) is 9.80 Å². The minimum Gasteiger partial charge on any atom is -0.310 e. The fourth-order valence-electron chi connectivity index (χ4n) is 13.8. The van der Waals surface area contributed by atoms with E-state index in [-0.39, 0.29) is 0 Å². The normalized spacial score (nSPS) is 11.5. The second-order valence-electron chi connectivity index (χ2n) is 23.2. The molecule has 0 spiro atoms. The van der Waals surface area contributed by atoms with Crippen LogP contribution in [0.2, 0.25) is 0 Å². The molecule has 0 fully saturated rings. The predicted octanol–water partition coefficient (Wildman–Crippen LogP) is 24.5. The van der Waals surface area contributed by atoms with E-state index in [9.17, 15) is 0 Å². The SMILES string of the molecule is Cc1cc(-c2ccc(N(c3ccc4c5ccccc5c5ccccc5c4c3)c3ccccc3-c3ccc(-c4ccccc4)cc3)c(C)c2)ccc1N(c1ccc2c3ccccc3c3ccccc3c2c1)c1ccccc1-c1ccc(-c2ccccc2)cc1. The molecule has 0 bridgehead atoms. The number of fused-ring (bicyclic) bond motifs is 12. The number of benzene rings is 16. The number of nitrogens with zero attached hydrogens (tertiary/aromatic N) is 2. The summed E-state index contributed by atoms with van der Waals surface area (Å²) in [6.07, 6.45) is 0. The summed E-state index contributed by atoms with van der Waals surface area (Å²) in [5.41, 5.74) is 20.7. The van der Waals surface area contributed by atoms with Crippen molar-refractivity contribution in [3.05, 3.63) is 339 Å². The highest BCUT2D eigenvalue weighted by Crippen LogP contribution is 2.49. The molecule has 0 amide bonds. The van der Waals surface area contributed by atoms with Gasteiger partial charge in [-0.1, -0.05) is 267 Å². The number of rotatable bonds is 11. The largest absolute Gasteiger partial charge is 0.310 e. The van der Waals surface area contributed by atoms with Crippen molar-refractivity contribution in [3.63, 3.8) is 0 Å². The molecule has 2 nitrogen and oxygen atoms in total. The first-order valence-electron chi connectivity index (χ1n) is 30.5. The summed E-state index contributed by atoms with van der Waals surface area (Å²) in [6.45, 7) is 4.54. The zero-order valence-electron chi connectivity index (χ0n) is 49.1. The van der Waals surface area contributed by atoms with Crippen molar-refractivity contribution >= 4 is 98.8 Å². The Morgan fingerprint density at radius 3 is 0.773 bits per heavy atom. The fraction of sp³-hybridized carbons (Fsp3) is 0.0233. The average molecular weight is 1120 g/mol. The monoisotopic (exact) mass is 1120 g/mol. The molecule has 0 aliphatic carbocycles. The predicted molar refractivity (Wildman–Crippen MR) is 377 cm³/mol. The van der Waals surface area contributed by atoms with Gasteiger partial charge in [0.15, 0.2) is 0 Å². The Balaban J connectivity index is 0.832. The van der Waals surface area contributed by atoms with E-state index >= 15 is 0 Å². The first-order chi connectivity index (χ1) is 43.5. The lowest BCUT2D eigenvalue weighted by Crippen LogP contribution is -2.13. The first kappa shape index (κ1) is 52.3. The van der Waals surface area contributed by atoms with Gasteiger partial charge in [0.1, 0.15) is 0 Å². The van der Waals surface area contributed by atoms with Crippen LogP contribution >= 0.6 is 0 Å². The molecule has 414 valence electrons. The van der Waals surface area contributed by atoms with E-state index in [1.54, 1.807) is 0 Å². The summed E-state index contributed by atoms with van der Waals surface area (Å²) < 4.78 is 0. The molecule has 0 aliphatic rings. The maximum absolute atomic E-state index is 2.48. The third kappa shape index (κ3) is 9.13. The third-order valence-electron chi connectivity index (χ3n) is 18.1. The van der Waals surface area contributed by atoms with Crippen molar-refractivity contribution in [3.8, 4) is 55.6 Å². The zero-order chi connectivity index (χ0) is 58.7. The maximum Gasteiger partial charge on any atom is 0.0540 e. The van der Waals surface area contributed by atoms with Crippen LogP contribution in [0.15, 0.2) is 328 Å². The number of anilines is 6. The van der Waals surface area contributed by atoms with Gasteiger partial charge in [-0.05, 0) is 195 Å². The van der Waals surface area contributed by atoms with Crippen LogP contribution in [0.3, 0.4) is 0 Å². The van der Waals surface area contributed by atoms with Crippen molar-refractivity contribution in [1.82, 2.24) is 0 Å². The Morgan fingerprint density at radius 1 is 0.170 bits per heavy atom. The molecule has 16 aromatic rings. The Bertz CT molecular complexity index is 4930. The van der Waals surface area contributed by atoms with Crippen LogP contribution in [-0.2, 0) is 0 Å². The van der Waals surface area contributed by atoms with Crippen LogP contribution in [0.25, 0.3) is 120 Å². The molecule has 0 heterocycles. The minimum absolute atomic E-state index is 1.10. The van der Waals surface area contributed by atoms with Gasteiger partial charge in [-0.15, -0.1) is 0 Å². The highest BCUT2D eigenvalue weighted by molar-refractivity contribution is 6.27. The first-order valence-corrected chi connectivity index (χ1v) is 30.5. The standard InChI is InChI=1S/C86H60N2/c1-57-53-65(45-51-83(57)87(85-35-19-17-25-69(85)63-41-37-61(38-42-63)59-21-5-3-6-22-59)67-47-49-79-75-31-11-9-27-71(75)73-29-13-15-33-77(73)81(79)55-67)66-46-52-84(58(2)54-66)88(86-36-20-18-26-70(86)64-43-39-62(40-44-64)60-23-7-4-8-24-60)68-48-50-80-76-32-12-10-28-72(76)74-30-14-16-34-78(74)82(80)56-68/h3-56H,1-2H3. The second-order valence-corrected chi connectivity index (χ2v) is 23.2. The summed E-state index contributed by atoms with van der Waals surface area (Å²) in [7, 11) is 0. The van der Waals surface area contributed by atoms with E-state index in [0.717, 1.165) is 67.5 Å². The summed E-state index contributed by atoms with van der Waals surface area (Å²) >= 11 is 0. The van der Waals surface area contributed by atoms with Crippen LogP contribution in [0.1, 0.15) is 11.1 Å². The van der Waals surface area contributed by atoms with Gasteiger partial charge < -0.3 is 9.80 Å². The van der Waals surface area contributed by atoms with E-state index in [1.807, 2.05) is 0 Å². The molecule has 88 heavy (non-hydrogen) atoms. The lowest BCUT2D eigenvalue weighted by molar-refractivity contribution is 1.25. The van der Waals surface area contributed by atoms with Gasteiger partial charge in [0.2, 0.25) is 0 Å². The van der Waals surface area contributed by atoms with Gasteiger partial charge in [0, 0.05) is 33.9 Å². The molecule has 16 aromatic carbocycles. The van der Waals surface area contributed by atoms with Crippen LogP contribution < -0.4 is 9.80 Å². The molecule has 0 N–H and O–H groups in total. The van der Waals surface area contributed by atoms with E-state index in [2.05, 4.69) is 351 Å². The molecule has 0 aliphatic heterocycles. The molecule has 16 rings (SSSR count). The molecule has 0 saturated carbocycles. The summed E-state index contributed by atoms with van der Waals surface area (Å²) in [4.78, 5) is 4.97. The summed E-state index contributed by atoms with van der Waals surface area (Å²) in [6, 6.07) is 121. The molecule has 0 atom stereocenters. The smallest absolute Gasteiger partial charge is 0.0540 e. The molecule has 0 unspecified atom stereocenters. The van der Waals surface area contributed by atoms with Gasteiger partial charge in [-0.25, -0.2) is 0 Å². The van der Waals surface area contributed by atoms with E-state index in [1.165, 1.54) is 98.0 Å². The molecule has 0 aromatic heterocycles. The van der Waals surface area contributed by atoms with Crippen molar-refractivity contribution in [1.29, 1.82) is 0 Å². The van der Waals surface area contributed by atoms with Gasteiger partial charge in [0.05, 0.1) is 11.4 Å². The molecular formula is C86H60N2. The molecule has 0 radical (unpaired) electrons. The van der Waals surface area contributed by atoms with Gasteiger partial charge in [-0.3, -0.25) is 0 Å². The maximum atomic E-state index is 2.48. The Morgan fingerprint density at radius 2 is 0.432 bits per heavy atom. The van der Waals surface area contributed by atoms with Crippen molar-refractivity contribution in [2.24, 2.45) is 0 Å². The Hall–Kier alpha value is -11.3. The van der Waals surface area contributed by atoms with Crippen molar-refractivity contribution in [2.45, 2.75) is 13.8 Å². The Labute approximate surface area is 513 Å². The number of para-hydroxylation sites is 2. The lowest BCUT2D eigenvalue weighted by atomic mass is 9.93. The Kier molecular flexibility index (Phi) is 13.0. The third-order valence-corrected chi connectivity index (χ3v) is 18.1. The van der Waals surface area contributed by atoms with Crippen molar-refractivity contribution < 1.29 is 0 Å². The highest BCUT2D eigenvalue weighted by atomic mass is 15.2. The number of hydrogen-bond acceptors (Lipinski definition) is 2. The van der Waals surface area contributed by atoms with E-state index < -0.39 is 0 Å². The lowest BCUT2D eigenvalue weighted by Gasteiger charge is -2.30. The number of aryl methyl sites for hydroxylation is 2. The van der Waals surface area contributed by atoms with Gasteiger partial charge in [-0.2, -0.15) is 0 Å². The topological polar surface area (TPSA) is 6.48 Å². The van der Waals surface area contributed by atoms with E-state index in [4.69, 9.17) is 0 Å². The molecular weight excluding hydrogens is 1060 g/mol. The van der Waals surface area contributed by atoms with Crippen LogP contribution in [0.4, 0.5) is 34.1 Å². The molecule has 2 heteroatoms. The second kappa shape index (κ2) is 21.9. The quantitative estimate of drug-likeness (QED) is 0.119. The summed E-state index contributed by atoms with van der Waals surface area (Å²) in [5.74, 6) is 0. The average Bonchev–Trinajstić information content (AvgIpc) is 1.62. The molecule has 0 saturated heterocycles. The minimum atomic E-state index is 1.10. The van der Waals surface area contributed by atoms with Gasteiger partial charge in [0.25, 0.3) is 0 Å². The van der Waals surface area contributed by atoms with Crippen LogP contribution in [0.5, 0.6) is 0 Å². The van der Waals surface area contributed by atoms with E-state index in [0.29, 0.717) is 0 Å². The fourth-order valence-corrected chi connectivity index (χ4v) is 13.8. The highest BCUT2D eigenvalue weighted by Gasteiger charge is 2.24. The summed E-state index contributed by atoms with van der Waals surface area (Å²) in [5, 5.41) is 15.0. The van der Waals surface area contributed by atoms with Crippen LogP contribution in [-0.4, -0.2) is 0 Å². The van der Waals surface area contributed by atoms with Gasteiger partial charge >= 0.3 is 0 Å². The zero-order valence-corrected chi connectivity index (χ0v) is 49.1. The number of hydrogen-bond donors (Lipinski definition) is 0.